The summed E-state index contributed by atoms with van der Waals surface area (Å²) < 4.78 is 0. The molecule has 1 aromatic rings. The zero-order valence-corrected chi connectivity index (χ0v) is 12.7. The molecular formula is C16H21N3O3. The van der Waals surface area contributed by atoms with E-state index in [4.69, 9.17) is 0 Å². The Kier molecular flexibility index (Phi) is 5.52. The predicted molar refractivity (Wildman–Crippen MR) is 83.5 cm³/mol. The van der Waals surface area contributed by atoms with E-state index < -0.39 is 11.7 Å². The van der Waals surface area contributed by atoms with Crippen LogP contribution in [0, 0.1) is 0 Å². The van der Waals surface area contributed by atoms with Gasteiger partial charge in [0.2, 0.25) is 11.7 Å². The third-order valence-corrected chi connectivity index (χ3v) is 3.73. The highest BCUT2D eigenvalue weighted by atomic mass is 16.2. The first-order chi connectivity index (χ1) is 10.6. The first kappa shape index (κ1) is 16.0. The Morgan fingerprint density at radius 2 is 1.68 bits per heavy atom. The van der Waals surface area contributed by atoms with E-state index in [-0.39, 0.29) is 18.9 Å². The second-order valence-electron chi connectivity index (χ2n) is 5.16. The fraction of sp³-hybridized carbons (Fsp3) is 0.438. The number of nitrogens with one attached hydrogen (secondary N) is 1. The minimum atomic E-state index is -0.682. The number of nitrogens with zero attached hydrogens (tertiary/aromatic N) is 2. The number of benzene rings is 1. The van der Waals surface area contributed by atoms with Gasteiger partial charge < -0.3 is 15.1 Å². The summed E-state index contributed by atoms with van der Waals surface area (Å²) in [6.07, 6.45) is 0.149. The number of hydrogen-bond donors (Lipinski definition) is 1. The van der Waals surface area contributed by atoms with Gasteiger partial charge >= 0.3 is 0 Å². The standard InChI is InChI=1S/C16H21N3O3/c1-2-14(20)16(22)17-12-15(21)19-10-8-18(9-11-19)13-6-4-3-5-7-13/h3-7H,2,8-12H2,1H3,(H,17,22). The molecule has 0 radical (unpaired) electrons. The van der Waals surface area contributed by atoms with Gasteiger partial charge in [-0.1, -0.05) is 25.1 Å². The van der Waals surface area contributed by atoms with Gasteiger partial charge in [0.25, 0.3) is 5.91 Å². The molecule has 0 unspecified atom stereocenters. The maximum Gasteiger partial charge on any atom is 0.287 e. The van der Waals surface area contributed by atoms with Crippen LogP contribution in [0.4, 0.5) is 5.69 Å². The van der Waals surface area contributed by atoms with Gasteiger partial charge in [-0.05, 0) is 12.1 Å². The Morgan fingerprint density at radius 3 is 2.27 bits per heavy atom. The number of hydrogen-bond acceptors (Lipinski definition) is 4. The van der Waals surface area contributed by atoms with Crippen molar-refractivity contribution in [3.63, 3.8) is 0 Å². The maximum atomic E-state index is 12.0. The minimum absolute atomic E-state index is 0.115. The van der Waals surface area contributed by atoms with Crippen LogP contribution in [-0.4, -0.2) is 55.2 Å². The predicted octanol–water partition coefficient (Wildman–Crippen LogP) is 0.430. The zero-order chi connectivity index (χ0) is 15.9. The van der Waals surface area contributed by atoms with E-state index in [9.17, 15) is 14.4 Å². The van der Waals surface area contributed by atoms with Crippen molar-refractivity contribution < 1.29 is 14.4 Å². The van der Waals surface area contributed by atoms with Crippen molar-refractivity contribution in [2.45, 2.75) is 13.3 Å². The average Bonchev–Trinajstić information content (AvgIpc) is 2.59. The van der Waals surface area contributed by atoms with Crippen molar-refractivity contribution in [2.75, 3.05) is 37.6 Å². The lowest BCUT2D eigenvalue weighted by Gasteiger charge is -2.36. The summed E-state index contributed by atoms with van der Waals surface area (Å²) in [6.45, 7) is 4.26. The van der Waals surface area contributed by atoms with E-state index in [0.29, 0.717) is 13.1 Å². The average molecular weight is 303 g/mol. The van der Waals surface area contributed by atoms with Gasteiger partial charge in [-0.25, -0.2) is 0 Å². The molecule has 22 heavy (non-hydrogen) atoms. The molecule has 1 aliphatic rings. The number of anilines is 1. The summed E-state index contributed by atoms with van der Waals surface area (Å²) in [7, 11) is 0. The van der Waals surface area contributed by atoms with Crippen molar-refractivity contribution in [2.24, 2.45) is 0 Å². The Bertz CT molecular complexity index is 537. The maximum absolute atomic E-state index is 12.0. The van der Waals surface area contributed by atoms with Crippen LogP contribution in [0.5, 0.6) is 0 Å². The summed E-state index contributed by atoms with van der Waals surface area (Å²) >= 11 is 0. The van der Waals surface area contributed by atoms with Crippen molar-refractivity contribution in [3.8, 4) is 0 Å². The van der Waals surface area contributed by atoms with Gasteiger partial charge in [0.1, 0.15) is 0 Å². The summed E-state index contributed by atoms with van der Waals surface area (Å²) in [5, 5.41) is 2.38. The number of carbonyl (C=O) groups excluding carboxylic acids is 3. The van der Waals surface area contributed by atoms with Crippen LogP contribution in [-0.2, 0) is 14.4 Å². The molecule has 0 saturated carbocycles. The van der Waals surface area contributed by atoms with Gasteiger partial charge in [0, 0.05) is 38.3 Å². The number of rotatable bonds is 5. The highest BCUT2D eigenvalue weighted by molar-refractivity contribution is 6.36. The zero-order valence-electron chi connectivity index (χ0n) is 12.7. The molecule has 6 heteroatoms. The van der Waals surface area contributed by atoms with Crippen LogP contribution in [0.25, 0.3) is 0 Å². The molecule has 1 aromatic carbocycles. The second kappa shape index (κ2) is 7.59. The van der Waals surface area contributed by atoms with E-state index in [2.05, 4.69) is 10.2 Å². The van der Waals surface area contributed by atoms with Crippen LogP contribution in [0.1, 0.15) is 13.3 Å². The number of Topliss-reactive ketones (excluding diaryl/α,β-unsaturated/α-hetero) is 1. The smallest absolute Gasteiger partial charge is 0.287 e. The van der Waals surface area contributed by atoms with Crippen LogP contribution >= 0.6 is 0 Å². The van der Waals surface area contributed by atoms with Crippen molar-refractivity contribution in [1.82, 2.24) is 10.2 Å². The number of para-hydroxylation sites is 1. The number of piperazine rings is 1. The van der Waals surface area contributed by atoms with E-state index in [1.165, 1.54) is 0 Å². The molecule has 2 rings (SSSR count). The lowest BCUT2D eigenvalue weighted by atomic mass is 10.2. The van der Waals surface area contributed by atoms with Crippen LogP contribution in [0.3, 0.4) is 0 Å². The summed E-state index contributed by atoms with van der Waals surface area (Å²) in [5.41, 5.74) is 1.15. The van der Waals surface area contributed by atoms with Crippen molar-refractivity contribution in [3.05, 3.63) is 30.3 Å². The van der Waals surface area contributed by atoms with Gasteiger partial charge in [0.15, 0.2) is 0 Å². The Balaban J connectivity index is 1.78. The number of ketones is 1. The SMILES string of the molecule is CCC(=O)C(=O)NCC(=O)N1CCN(c2ccccc2)CC1. The van der Waals surface area contributed by atoms with Gasteiger partial charge in [0.05, 0.1) is 6.54 Å². The lowest BCUT2D eigenvalue weighted by molar-refractivity contribution is -0.139. The first-order valence-corrected chi connectivity index (χ1v) is 7.50. The van der Waals surface area contributed by atoms with E-state index in [1.807, 2.05) is 30.3 Å². The van der Waals surface area contributed by atoms with Crippen LogP contribution in [0.15, 0.2) is 30.3 Å². The summed E-state index contributed by atoms with van der Waals surface area (Å²) in [6, 6.07) is 10.1. The molecule has 1 N–H and O–H groups in total. The normalized spacial score (nSPS) is 14.6. The van der Waals surface area contributed by atoms with Gasteiger partial charge in [-0.3, -0.25) is 14.4 Å². The molecule has 1 heterocycles. The quantitative estimate of drug-likeness (QED) is 0.801. The number of carbonyl (C=O) groups is 3. The molecule has 118 valence electrons. The topological polar surface area (TPSA) is 69.7 Å². The summed E-state index contributed by atoms with van der Waals surface area (Å²) in [5.74, 6) is -1.33. The number of amides is 2. The summed E-state index contributed by atoms with van der Waals surface area (Å²) in [4.78, 5) is 38.5. The fourth-order valence-corrected chi connectivity index (χ4v) is 2.38. The molecule has 2 amide bonds. The molecule has 0 bridgehead atoms. The molecule has 0 aromatic heterocycles. The highest BCUT2D eigenvalue weighted by Crippen LogP contribution is 2.15. The van der Waals surface area contributed by atoms with Crippen molar-refractivity contribution >= 4 is 23.3 Å². The minimum Gasteiger partial charge on any atom is -0.368 e. The molecular weight excluding hydrogens is 282 g/mol. The molecule has 1 fully saturated rings. The Morgan fingerprint density at radius 1 is 1.05 bits per heavy atom. The van der Waals surface area contributed by atoms with Gasteiger partial charge in [-0.15, -0.1) is 0 Å². The second-order valence-corrected chi connectivity index (χ2v) is 5.16. The molecule has 0 spiro atoms. The first-order valence-electron chi connectivity index (χ1n) is 7.50. The van der Waals surface area contributed by atoms with E-state index in [1.54, 1.807) is 11.8 Å². The Labute approximate surface area is 130 Å². The lowest BCUT2D eigenvalue weighted by Crippen LogP contribution is -2.51. The van der Waals surface area contributed by atoms with Crippen LogP contribution < -0.4 is 10.2 Å². The molecule has 6 nitrogen and oxygen atoms in total. The molecule has 1 aliphatic heterocycles. The van der Waals surface area contributed by atoms with Crippen molar-refractivity contribution in [1.29, 1.82) is 0 Å². The van der Waals surface area contributed by atoms with E-state index >= 15 is 0 Å². The third-order valence-electron chi connectivity index (χ3n) is 3.73. The monoisotopic (exact) mass is 303 g/mol. The Hall–Kier alpha value is -2.37. The third kappa shape index (κ3) is 4.07. The van der Waals surface area contributed by atoms with Crippen LogP contribution in [0.2, 0.25) is 0 Å². The highest BCUT2D eigenvalue weighted by Gasteiger charge is 2.22. The fourth-order valence-electron chi connectivity index (χ4n) is 2.38. The molecule has 0 aliphatic carbocycles. The van der Waals surface area contributed by atoms with Gasteiger partial charge in [-0.2, -0.15) is 0 Å². The molecule has 1 saturated heterocycles. The van der Waals surface area contributed by atoms with E-state index in [0.717, 1.165) is 18.8 Å². The largest absolute Gasteiger partial charge is 0.368 e. The molecule has 0 atom stereocenters.